The van der Waals surface area contributed by atoms with Crippen molar-refractivity contribution in [2.45, 2.75) is 51.4 Å². The van der Waals surface area contributed by atoms with Crippen LogP contribution in [0.25, 0.3) is 0 Å². The van der Waals surface area contributed by atoms with Crippen molar-refractivity contribution in [3.8, 4) is 0 Å². The third kappa shape index (κ3) is 5.04. The van der Waals surface area contributed by atoms with E-state index in [4.69, 9.17) is 9.26 Å². The molecule has 2 aliphatic rings. The number of likely N-dealkylation sites (tertiary alicyclic amines) is 2. The quantitative estimate of drug-likeness (QED) is 0.738. The number of nitrogens with zero attached hydrogens (tertiary/aromatic N) is 4. The zero-order chi connectivity index (χ0) is 18.4. The Labute approximate surface area is 156 Å². The number of carbonyl (C=O) groups excluding carboxylic acids is 1. The number of hydrogen-bond donors (Lipinski definition) is 0. The number of hydrogen-bond acceptors (Lipinski definition) is 6. The summed E-state index contributed by atoms with van der Waals surface area (Å²) in [5.41, 5.74) is 0. The summed E-state index contributed by atoms with van der Waals surface area (Å²) in [6, 6.07) is 0. The van der Waals surface area contributed by atoms with E-state index in [0.717, 1.165) is 51.9 Å². The van der Waals surface area contributed by atoms with Gasteiger partial charge in [0.2, 0.25) is 11.8 Å². The van der Waals surface area contributed by atoms with E-state index in [9.17, 15) is 4.79 Å². The Morgan fingerprint density at radius 3 is 2.81 bits per heavy atom. The van der Waals surface area contributed by atoms with E-state index in [1.165, 1.54) is 0 Å². The predicted molar refractivity (Wildman–Crippen MR) is 97.9 cm³/mol. The molecule has 0 N–H and O–H groups in total. The highest BCUT2D eigenvalue weighted by Gasteiger charge is 2.30. The summed E-state index contributed by atoms with van der Waals surface area (Å²) in [5.74, 6) is 2.36. The molecule has 1 amide bonds. The lowest BCUT2D eigenvalue weighted by atomic mass is 9.91. The van der Waals surface area contributed by atoms with Crippen LogP contribution < -0.4 is 0 Å². The van der Waals surface area contributed by atoms with Crippen LogP contribution in [0.5, 0.6) is 0 Å². The predicted octanol–water partition coefficient (Wildman–Crippen LogP) is 2.09. The molecule has 3 heterocycles. The van der Waals surface area contributed by atoms with Crippen molar-refractivity contribution in [2.75, 3.05) is 46.4 Å². The molecule has 3 rings (SSSR count). The van der Waals surface area contributed by atoms with Gasteiger partial charge in [-0.2, -0.15) is 4.98 Å². The van der Waals surface area contributed by atoms with Crippen LogP contribution in [0.1, 0.15) is 56.7 Å². The first-order valence-electron chi connectivity index (χ1n) is 10.0. The van der Waals surface area contributed by atoms with Gasteiger partial charge in [0.05, 0.1) is 12.5 Å². The van der Waals surface area contributed by atoms with Gasteiger partial charge in [-0.3, -0.25) is 4.79 Å². The zero-order valence-electron chi connectivity index (χ0n) is 16.2. The molecule has 0 aliphatic carbocycles. The number of methoxy groups -OCH3 is 1. The van der Waals surface area contributed by atoms with E-state index < -0.39 is 0 Å². The molecular formula is C19H32N4O3. The third-order valence-corrected chi connectivity index (χ3v) is 5.75. The summed E-state index contributed by atoms with van der Waals surface area (Å²) >= 11 is 0. The van der Waals surface area contributed by atoms with Gasteiger partial charge in [0.25, 0.3) is 0 Å². The maximum atomic E-state index is 12.8. The lowest BCUT2D eigenvalue weighted by Gasteiger charge is -2.34. The highest BCUT2D eigenvalue weighted by Crippen LogP contribution is 2.28. The largest absolute Gasteiger partial charge is 0.384 e. The van der Waals surface area contributed by atoms with E-state index in [1.807, 2.05) is 4.90 Å². The summed E-state index contributed by atoms with van der Waals surface area (Å²) in [4.78, 5) is 21.7. The van der Waals surface area contributed by atoms with Gasteiger partial charge in [0.1, 0.15) is 0 Å². The molecule has 7 nitrogen and oxygen atoms in total. The molecule has 1 aromatic heterocycles. The van der Waals surface area contributed by atoms with Crippen LogP contribution in [0, 0.1) is 5.92 Å². The van der Waals surface area contributed by atoms with Gasteiger partial charge >= 0.3 is 0 Å². The summed E-state index contributed by atoms with van der Waals surface area (Å²) in [5, 5.41) is 4.03. The molecule has 146 valence electrons. The van der Waals surface area contributed by atoms with Crippen LogP contribution >= 0.6 is 0 Å². The summed E-state index contributed by atoms with van der Waals surface area (Å²) < 4.78 is 10.5. The van der Waals surface area contributed by atoms with Crippen molar-refractivity contribution in [3.63, 3.8) is 0 Å². The first-order chi connectivity index (χ1) is 12.7. The van der Waals surface area contributed by atoms with E-state index in [2.05, 4.69) is 22.0 Å². The number of ether oxygens (including phenoxy) is 1. The van der Waals surface area contributed by atoms with E-state index in [0.29, 0.717) is 49.5 Å². The summed E-state index contributed by atoms with van der Waals surface area (Å²) in [6.07, 6.45) is 5.64. The minimum absolute atomic E-state index is 0.165. The smallest absolute Gasteiger partial charge is 0.231 e. The average molecular weight is 364 g/mol. The zero-order valence-corrected chi connectivity index (χ0v) is 16.2. The van der Waals surface area contributed by atoms with Gasteiger partial charge in [-0.05, 0) is 51.2 Å². The van der Waals surface area contributed by atoms with E-state index in [1.54, 1.807) is 7.11 Å². The normalized spacial score (nSPS) is 22.7. The van der Waals surface area contributed by atoms with E-state index in [-0.39, 0.29) is 5.92 Å². The lowest BCUT2D eigenvalue weighted by Crippen LogP contribution is -2.41. The molecule has 26 heavy (non-hydrogen) atoms. The number of carbonyl (C=O) groups is 1. The topological polar surface area (TPSA) is 71.7 Å². The molecule has 2 fully saturated rings. The maximum absolute atomic E-state index is 12.8. The Bertz CT molecular complexity index is 569. The van der Waals surface area contributed by atoms with Crippen molar-refractivity contribution < 1.29 is 14.1 Å². The van der Waals surface area contributed by atoms with Crippen LogP contribution in [-0.4, -0.2) is 72.3 Å². The minimum atomic E-state index is 0.165. The molecule has 2 saturated heterocycles. The Balaban J connectivity index is 1.49. The highest BCUT2D eigenvalue weighted by atomic mass is 16.5. The molecule has 0 unspecified atom stereocenters. The number of rotatable bonds is 7. The average Bonchev–Trinajstić information content (AvgIpc) is 3.16. The molecule has 0 spiro atoms. The second kappa shape index (κ2) is 9.46. The molecule has 0 bridgehead atoms. The van der Waals surface area contributed by atoms with Gasteiger partial charge < -0.3 is 19.1 Å². The molecule has 7 heteroatoms. The number of aromatic nitrogens is 2. The Hall–Kier alpha value is -1.47. The fraction of sp³-hybridized carbons (Fsp3) is 0.842. The Morgan fingerprint density at radius 2 is 2.08 bits per heavy atom. The molecular weight excluding hydrogens is 332 g/mol. The summed E-state index contributed by atoms with van der Waals surface area (Å²) in [6.45, 7) is 7.73. The molecule has 1 atom stereocenters. The van der Waals surface area contributed by atoms with E-state index >= 15 is 0 Å². The van der Waals surface area contributed by atoms with Gasteiger partial charge in [-0.1, -0.05) is 12.1 Å². The third-order valence-electron chi connectivity index (χ3n) is 5.75. The minimum Gasteiger partial charge on any atom is -0.384 e. The second-order valence-corrected chi connectivity index (χ2v) is 7.55. The lowest BCUT2D eigenvalue weighted by molar-refractivity contribution is -0.133. The van der Waals surface area contributed by atoms with Crippen molar-refractivity contribution in [1.29, 1.82) is 0 Å². The van der Waals surface area contributed by atoms with Crippen LogP contribution in [-0.2, 0) is 16.0 Å². The van der Waals surface area contributed by atoms with Gasteiger partial charge in [0.15, 0.2) is 5.82 Å². The molecule has 1 aromatic rings. The first-order valence-corrected chi connectivity index (χ1v) is 10.0. The van der Waals surface area contributed by atoms with Crippen LogP contribution in [0.2, 0.25) is 0 Å². The molecule has 0 aromatic carbocycles. The number of piperidine rings is 2. The van der Waals surface area contributed by atoms with Crippen molar-refractivity contribution in [1.82, 2.24) is 19.9 Å². The molecule has 0 radical (unpaired) electrons. The SMILES string of the molecule is CCN1CCC(CC(=O)N2CCC[C@H](c3nc(CCOC)no3)C2)CC1. The highest BCUT2D eigenvalue weighted by molar-refractivity contribution is 5.76. The Morgan fingerprint density at radius 1 is 1.27 bits per heavy atom. The second-order valence-electron chi connectivity index (χ2n) is 7.55. The van der Waals surface area contributed by atoms with Crippen LogP contribution in [0.3, 0.4) is 0 Å². The summed E-state index contributed by atoms with van der Waals surface area (Å²) in [7, 11) is 1.66. The standard InChI is InChI=1S/C19H32N4O3/c1-3-22-10-6-15(7-11-22)13-18(24)23-9-4-5-16(14-23)19-20-17(21-26-19)8-12-25-2/h15-16H,3-14H2,1-2H3/t16-/m0/s1. The van der Waals surface area contributed by atoms with Gasteiger partial charge in [-0.15, -0.1) is 0 Å². The molecule has 2 aliphatic heterocycles. The Kier molecular flexibility index (Phi) is 7.02. The van der Waals surface area contributed by atoms with Crippen LogP contribution in [0.4, 0.5) is 0 Å². The van der Waals surface area contributed by atoms with Gasteiger partial charge in [0, 0.05) is 33.0 Å². The van der Waals surface area contributed by atoms with Crippen molar-refractivity contribution in [2.24, 2.45) is 5.92 Å². The van der Waals surface area contributed by atoms with Gasteiger partial charge in [-0.25, -0.2) is 0 Å². The number of amides is 1. The van der Waals surface area contributed by atoms with Crippen molar-refractivity contribution >= 4 is 5.91 Å². The van der Waals surface area contributed by atoms with Crippen molar-refractivity contribution in [3.05, 3.63) is 11.7 Å². The monoisotopic (exact) mass is 364 g/mol. The fourth-order valence-electron chi connectivity index (χ4n) is 4.02. The fourth-order valence-corrected chi connectivity index (χ4v) is 4.02. The maximum Gasteiger partial charge on any atom is 0.231 e. The first kappa shape index (κ1) is 19.3. The van der Waals surface area contributed by atoms with Crippen LogP contribution in [0.15, 0.2) is 4.52 Å². The molecule has 0 saturated carbocycles.